The lowest BCUT2D eigenvalue weighted by Crippen LogP contribution is -2.42. The Bertz CT molecular complexity index is 8670. The van der Waals surface area contributed by atoms with Gasteiger partial charge in [-0.3, -0.25) is 38.4 Å². The van der Waals surface area contributed by atoms with Gasteiger partial charge in [0.15, 0.2) is 23.3 Å². The maximum atomic E-state index is 13.5. The number of rotatable bonds is 20. The second-order valence-corrected chi connectivity index (χ2v) is 35.4. The molecule has 4 aromatic carbocycles. The highest BCUT2D eigenvalue weighted by molar-refractivity contribution is 6.47. The lowest BCUT2D eigenvalue weighted by Gasteiger charge is -2.28. The van der Waals surface area contributed by atoms with Crippen LogP contribution in [0.5, 0.6) is 28.7 Å². The van der Waals surface area contributed by atoms with Crippen LogP contribution in [0.25, 0.3) is 112 Å². The van der Waals surface area contributed by atoms with Crippen molar-refractivity contribution in [2.45, 2.75) is 101 Å². The van der Waals surface area contributed by atoms with Gasteiger partial charge in [0.2, 0.25) is 0 Å². The zero-order valence-corrected chi connectivity index (χ0v) is 81.8. The van der Waals surface area contributed by atoms with E-state index in [1.165, 1.54) is 121 Å². The number of fused-ring (bicyclic) bond motifs is 8. The van der Waals surface area contributed by atoms with E-state index >= 15 is 0 Å². The van der Waals surface area contributed by atoms with Crippen LogP contribution >= 0.6 is 0 Å². The molecule has 20 heterocycles. The molecule has 5 N–H and O–H groups in total. The molecule has 4 aliphatic heterocycles. The second-order valence-electron chi connectivity index (χ2n) is 35.4. The third-order valence-electron chi connectivity index (χ3n) is 26.4. The van der Waals surface area contributed by atoms with Gasteiger partial charge in [-0.15, -0.1) is 0 Å². The largest absolute Gasteiger partial charge is 0.508 e. The standard InChI is InChI=1S/3C26H24N8O3.C25H22N8O4/c1-15-5-4-6-17(9-15)19-11-27-21-13-32(7-8-33(19)21)26(36)24(35)18-10-28-23-22(18)20(37-3)12-29-25(23)34-14-30-16(2)31-34;1-15-6-4-5-7-17(15)19-11-27-21-13-32(8-9-33(19)21)26(36)24(35)18-10-28-23-22(18)20(37-3)12-29-25(23)34-14-30-16(2)31-34;1-15-23(17-7-5-4-6-8-17)33-10-9-32(13-20(33)30-15)26(36)24(35)18-11-27-22-21(18)19(37-3)12-28-25(22)34-14-29-16(2)31-34;1-14-29-13-33(30-14)24-22-21(19(37-2)11-28-24)17(9-27-22)23(35)25(36)31-7-8-32-18(10-26-20(32)12-31)15-3-5-16(34)6-4-15/h4-6,9-12,14,28H,7-8,13H2,1-3H3;4-7,10-12,14,28H,8-9,13H2,1-3H3;4-8,11-12,14,27H,9-10,13H2,1-3H3;3-6,9-11,13,27,34H,7-8,12H2,1-2H3. The highest BCUT2D eigenvalue weighted by atomic mass is 16.5. The summed E-state index contributed by atoms with van der Waals surface area (Å²) in [4.78, 5) is 178. The summed E-state index contributed by atoms with van der Waals surface area (Å²) in [5.41, 5.74) is 14.2. The van der Waals surface area contributed by atoms with Gasteiger partial charge in [0.25, 0.3) is 46.8 Å². The molecule has 24 rings (SSSR count). The molecule has 0 unspecified atom stereocenters. The summed E-state index contributed by atoms with van der Waals surface area (Å²) in [6, 6.07) is 33.3. The van der Waals surface area contributed by atoms with Crippen molar-refractivity contribution in [3.8, 4) is 97.0 Å². The maximum Gasteiger partial charge on any atom is 0.295 e. The zero-order valence-electron chi connectivity index (χ0n) is 81.8. The number of nitrogens with zero attached hydrogens (tertiary/aromatic N) is 28. The third kappa shape index (κ3) is 17.4. The number of ketones is 4. The zero-order chi connectivity index (χ0) is 103. The number of ether oxygens (including phenoxy) is 4. The molecule has 0 radical (unpaired) electrons. The smallest absolute Gasteiger partial charge is 0.295 e. The fourth-order valence-corrected chi connectivity index (χ4v) is 19.1. The Hall–Kier alpha value is -19.4. The lowest BCUT2D eigenvalue weighted by molar-refractivity contribution is -0.128. The first-order valence-electron chi connectivity index (χ1n) is 47.0. The number of aromatic nitrogens is 28. The number of hydrogen-bond donors (Lipinski definition) is 5. The lowest BCUT2D eigenvalue weighted by atomic mass is 10.1. The molecule has 4 amide bonds. The Morgan fingerprint density at radius 3 is 1.01 bits per heavy atom. The van der Waals surface area contributed by atoms with Gasteiger partial charge in [-0.05, 0) is 84.4 Å². The number of aromatic hydroxyl groups is 1. The van der Waals surface area contributed by atoms with Crippen molar-refractivity contribution >= 4 is 90.4 Å². The minimum absolute atomic E-state index is 0.186. The van der Waals surface area contributed by atoms with Crippen molar-refractivity contribution in [3.05, 3.63) is 282 Å². The third-order valence-corrected chi connectivity index (χ3v) is 26.4. The van der Waals surface area contributed by atoms with Crippen LogP contribution in [0, 0.1) is 48.5 Å². The summed E-state index contributed by atoms with van der Waals surface area (Å²) in [6.07, 6.45) is 23.6. The number of aromatic amines is 4. The molecule has 4 aliphatic rings. The first-order chi connectivity index (χ1) is 71.8. The SMILES string of the molecule is COc1cnc(-n2cnc(C)n2)c2[nH]cc(C(=O)C(=O)N3CCn4c(-c5ccc(O)cc5)cnc4C3)c12.COc1cnc(-n2cnc(C)n2)c2[nH]cc(C(=O)C(=O)N3CCn4c(-c5cccc(C)c5)cnc4C3)c12.COc1cnc(-n2cnc(C)n2)c2[nH]cc(C(=O)C(=O)N3CCn4c(-c5ccccc5C)cnc4C3)c12.COc1cnc(-n2cnc(C)n2)c2[nH]cc(C(=O)C(=O)N3CCn4c(nc(C)c4-c4ccccc4)C3)c12. The number of phenols is 1. The average Bonchev–Trinajstić information content (AvgIpc) is 1.61. The van der Waals surface area contributed by atoms with Crippen molar-refractivity contribution in [1.29, 1.82) is 0 Å². The van der Waals surface area contributed by atoms with Crippen molar-refractivity contribution in [2.24, 2.45) is 0 Å². The van der Waals surface area contributed by atoms with Gasteiger partial charge in [0.1, 0.15) is 101 Å². The van der Waals surface area contributed by atoms with Crippen LogP contribution in [0.15, 0.2) is 197 Å². The number of methoxy groups -OCH3 is 4. The van der Waals surface area contributed by atoms with E-state index in [-0.39, 0.29) is 54.2 Å². The molecule has 16 aromatic heterocycles. The molecule has 148 heavy (non-hydrogen) atoms. The van der Waals surface area contributed by atoms with Crippen LogP contribution < -0.4 is 18.9 Å². The molecule has 20 aromatic rings. The molecule has 0 saturated heterocycles. The summed E-state index contributed by atoms with van der Waals surface area (Å²) < 4.78 is 36.3. The van der Waals surface area contributed by atoms with Crippen LogP contribution in [-0.4, -0.2) is 263 Å². The number of hydrogen-bond acceptors (Lipinski definition) is 29. The number of pyridine rings is 4. The van der Waals surface area contributed by atoms with Crippen molar-refractivity contribution in [1.82, 2.24) is 157 Å². The summed E-state index contributed by atoms with van der Waals surface area (Å²) in [5.74, 6) is 3.77. The molecule has 0 spiro atoms. The molecule has 0 fully saturated rings. The molecule has 744 valence electrons. The monoisotopic (exact) mass is 1990 g/mol. The summed E-state index contributed by atoms with van der Waals surface area (Å²) in [7, 11) is 5.97. The van der Waals surface area contributed by atoms with Gasteiger partial charge in [-0.1, -0.05) is 78.4 Å². The van der Waals surface area contributed by atoms with Gasteiger partial charge in [-0.25, -0.2) is 78.5 Å². The highest BCUT2D eigenvalue weighted by Crippen LogP contribution is 2.40. The number of nitrogens with one attached hydrogen (secondary N) is 4. The quantitative estimate of drug-likeness (QED) is 0.0349. The van der Waals surface area contributed by atoms with Gasteiger partial charge in [-0.2, -0.15) is 20.4 Å². The van der Waals surface area contributed by atoms with E-state index in [0.29, 0.717) is 171 Å². The molecular weight excluding hydrogens is 1890 g/mol. The number of carbonyl (C=O) groups is 8. The number of phenolic OH excluding ortho intramolecular Hbond substituents is 1. The van der Waals surface area contributed by atoms with Crippen molar-refractivity contribution in [2.75, 3.05) is 54.6 Å². The number of H-pyrrole nitrogens is 4. The second kappa shape index (κ2) is 39.1. The van der Waals surface area contributed by atoms with Crippen molar-refractivity contribution in [3.63, 3.8) is 0 Å². The van der Waals surface area contributed by atoms with Crippen molar-refractivity contribution < 1.29 is 62.4 Å². The van der Waals surface area contributed by atoms with Gasteiger partial charge < -0.3 is 81.9 Å². The van der Waals surface area contributed by atoms with E-state index in [0.717, 1.165) is 79.3 Å². The van der Waals surface area contributed by atoms with Gasteiger partial charge >= 0.3 is 0 Å². The van der Waals surface area contributed by atoms with Crippen LogP contribution in [0.1, 0.15) is 105 Å². The van der Waals surface area contributed by atoms with Crippen LogP contribution in [-0.2, 0) is 71.5 Å². The number of Topliss-reactive ketones (excluding diaryl/α,β-unsaturated/α-hetero) is 4. The summed E-state index contributed by atoms with van der Waals surface area (Å²) in [5, 5.41) is 28.7. The topological polar surface area (TPSA) is 516 Å². The molecule has 45 nitrogen and oxygen atoms in total. The summed E-state index contributed by atoms with van der Waals surface area (Å²) >= 11 is 0. The van der Waals surface area contributed by atoms with E-state index in [9.17, 15) is 43.5 Å². The first kappa shape index (κ1) is 94.8. The highest BCUT2D eigenvalue weighted by Gasteiger charge is 2.39. The minimum Gasteiger partial charge on any atom is -0.508 e. The van der Waals surface area contributed by atoms with Crippen LogP contribution in [0.2, 0.25) is 0 Å². The van der Waals surface area contributed by atoms with Gasteiger partial charge in [0, 0.05) is 99.4 Å². The fourth-order valence-electron chi connectivity index (χ4n) is 19.1. The fraction of sp³-hybridized carbons (Fsp3) is 0.223. The van der Waals surface area contributed by atoms with E-state index in [2.05, 4.69) is 147 Å². The average molecular weight is 1990 g/mol. The predicted molar refractivity (Wildman–Crippen MR) is 535 cm³/mol. The normalized spacial score (nSPS) is 13.1. The summed E-state index contributed by atoms with van der Waals surface area (Å²) in [6.45, 7) is 17.8. The number of carbonyl (C=O) groups excluding carboxylic acids is 8. The van der Waals surface area contributed by atoms with Gasteiger partial charge in [0.05, 0.1) is 192 Å². The predicted octanol–water partition coefficient (Wildman–Crippen LogP) is 10.8. The number of benzene rings is 4. The van der Waals surface area contributed by atoms with Crippen LogP contribution in [0.3, 0.4) is 0 Å². The Morgan fingerprint density at radius 2 is 0.655 bits per heavy atom. The number of imidazole rings is 4. The Morgan fingerprint density at radius 1 is 0.324 bits per heavy atom. The molecular formula is C103H94N32O13. The number of amides is 4. The number of aryl methyl sites for hydroxylation is 7. The molecule has 45 heteroatoms. The Kier molecular flexibility index (Phi) is 25.1. The Labute approximate surface area is 839 Å². The maximum absolute atomic E-state index is 13.5. The molecule has 0 aliphatic carbocycles. The van der Waals surface area contributed by atoms with E-state index in [1.807, 2.05) is 90.6 Å². The Balaban J connectivity index is 0.000000116. The van der Waals surface area contributed by atoms with Crippen LogP contribution in [0.4, 0.5) is 0 Å². The molecule has 0 bridgehead atoms. The molecule has 0 atom stereocenters. The molecule has 0 saturated carbocycles. The van der Waals surface area contributed by atoms with E-state index < -0.39 is 46.8 Å². The van der Waals surface area contributed by atoms with E-state index in [1.54, 1.807) is 67.1 Å². The minimum atomic E-state index is -0.657. The van der Waals surface area contributed by atoms with E-state index in [4.69, 9.17) is 23.9 Å². The first-order valence-corrected chi connectivity index (χ1v) is 47.0.